The molecule has 5 heteroatoms. The van der Waals surface area contributed by atoms with Crippen LogP contribution >= 0.6 is 0 Å². The summed E-state index contributed by atoms with van der Waals surface area (Å²) in [6.07, 6.45) is 2.42. The molecule has 1 heterocycles. The van der Waals surface area contributed by atoms with Crippen molar-refractivity contribution in [3.05, 3.63) is 46.7 Å². The smallest absolute Gasteiger partial charge is 0.253 e. The molecule has 108 valence electrons. The highest BCUT2D eigenvalue weighted by Crippen LogP contribution is 2.36. The Morgan fingerprint density at radius 2 is 1.65 bits per heavy atom. The first-order chi connectivity index (χ1) is 9.13. The summed E-state index contributed by atoms with van der Waals surface area (Å²) in [5.41, 5.74) is 0.612. The molecule has 1 nitrogen and oxygen atoms in total. The number of alkyl halides is 4. The van der Waals surface area contributed by atoms with Crippen LogP contribution in [0, 0.1) is 0 Å². The quantitative estimate of drug-likeness (QED) is 0.690. The molecule has 0 saturated heterocycles. The van der Waals surface area contributed by atoms with E-state index in [2.05, 4.69) is 4.99 Å². The lowest BCUT2D eigenvalue weighted by atomic mass is 9.92. The SMILES string of the molecule is CCC1=CC(c2ccc(C(C)(F)F)cc2C(C)(F)F)=N1. The summed E-state index contributed by atoms with van der Waals surface area (Å²) >= 11 is 0. The van der Waals surface area contributed by atoms with Crippen LogP contribution in [0.4, 0.5) is 17.6 Å². The molecule has 0 N–H and O–H groups in total. The normalized spacial score (nSPS) is 15.6. The summed E-state index contributed by atoms with van der Waals surface area (Å²) in [7, 11) is 0. The van der Waals surface area contributed by atoms with Crippen molar-refractivity contribution in [3.8, 4) is 0 Å². The van der Waals surface area contributed by atoms with Crippen molar-refractivity contribution in [2.24, 2.45) is 4.99 Å². The number of rotatable bonds is 4. The van der Waals surface area contributed by atoms with E-state index in [0.29, 0.717) is 26.0 Å². The second kappa shape index (κ2) is 4.72. The molecule has 0 fully saturated rings. The number of hydrogen-bond donors (Lipinski definition) is 0. The zero-order valence-corrected chi connectivity index (χ0v) is 11.5. The van der Waals surface area contributed by atoms with Crippen LogP contribution in [0.2, 0.25) is 0 Å². The van der Waals surface area contributed by atoms with Gasteiger partial charge in [-0.3, -0.25) is 4.99 Å². The van der Waals surface area contributed by atoms with Crippen LogP contribution in [-0.4, -0.2) is 5.71 Å². The minimum atomic E-state index is -3.20. The van der Waals surface area contributed by atoms with Crippen LogP contribution in [-0.2, 0) is 11.8 Å². The molecule has 0 unspecified atom stereocenters. The van der Waals surface area contributed by atoms with E-state index in [1.54, 1.807) is 6.08 Å². The van der Waals surface area contributed by atoms with Gasteiger partial charge in [-0.15, -0.1) is 0 Å². The second-order valence-corrected chi connectivity index (χ2v) is 5.02. The molecule has 1 aromatic rings. The highest BCUT2D eigenvalue weighted by molar-refractivity contribution is 6.14. The minimum Gasteiger partial charge on any atom is -0.253 e. The Kier molecular flexibility index (Phi) is 3.48. The van der Waals surface area contributed by atoms with Crippen LogP contribution in [0.3, 0.4) is 0 Å². The van der Waals surface area contributed by atoms with Gasteiger partial charge in [-0.2, -0.15) is 0 Å². The first-order valence-electron chi connectivity index (χ1n) is 6.33. The van der Waals surface area contributed by atoms with Crippen molar-refractivity contribution in [3.63, 3.8) is 0 Å². The van der Waals surface area contributed by atoms with Crippen molar-refractivity contribution < 1.29 is 17.6 Å². The standard InChI is InChI=1S/C15H15F4N/c1-4-10-8-13(20-10)11-6-5-9(14(2,16)17)7-12(11)15(3,18)19/h5-8H,4H2,1-3H3. The summed E-state index contributed by atoms with van der Waals surface area (Å²) < 4.78 is 53.9. The third-order valence-corrected chi connectivity index (χ3v) is 3.20. The predicted molar refractivity (Wildman–Crippen MR) is 70.5 cm³/mol. The van der Waals surface area contributed by atoms with Gasteiger partial charge in [0.15, 0.2) is 0 Å². The Labute approximate surface area is 115 Å². The van der Waals surface area contributed by atoms with E-state index in [9.17, 15) is 17.6 Å². The Morgan fingerprint density at radius 1 is 1.05 bits per heavy atom. The number of hydrogen-bond acceptors (Lipinski definition) is 1. The Morgan fingerprint density at radius 3 is 2.10 bits per heavy atom. The lowest BCUT2D eigenvalue weighted by molar-refractivity contribution is 0.0105. The fourth-order valence-corrected chi connectivity index (χ4v) is 2.03. The lowest BCUT2D eigenvalue weighted by Crippen LogP contribution is -2.19. The summed E-state index contributed by atoms with van der Waals surface area (Å²) in [5.74, 6) is -6.35. The second-order valence-electron chi connectivity index (χ2n) is 5.02. The summed E-state index contributed by atoms with van der Waals surface area (Å²) in [4.78, 5) is 4.13. The number of allylic oxidation sites excluding steroid dienone is 2. The summed E-state index contributed by atoms with van der Waals surface area (Å²) in [6.45, 7) is 3.30. The maximum Gasteiger partial charge on any atom is 0.271 e. The molecule has 1 aliphatic rings. The fraction of sp³-hybridized carbons (Fsp3) is 0.400. The number of halogens is 4. The fourth-order valence-electron chi connectivity index (χ4n) is 2.03. The van der Waals surface area contributed by atoms with Crippen LogP contribution < -0.4 is 0 Å². The van der Waals surface area contributed by atoms with E-state index in [0.717, 1.165) is 11.8 Å². The Bertz CT molecular complexity index is 589. The average molecular weight is 285 g/mol. The molecule has 2 rings (SSSR count). The Balaban J connectivity index is 2.49. The van der Waals surface area contributed by atoms with Crippen LogP contribution in [0.5, 0.6) is 0 Å². The molecule has 0 aromatic heterocycles. The largest absolute Gasteiger partial charge is 0.271 e. The topological polar surface area (TPSA) is 12.4 Å². The molecular weight excluding hydrogens is 270 g/mol. The van der Waals surface area contributed by atoms with Crippen LogP contribution in [0.15, 0.2) is 35.0 Å². The predicted octanol–water partition coefficient (Wildman–Crippen LogP) is 5.01. The molecular formula is C15H15F4N. The zero-order valence-electron chi connectivity index (χ0n) is 11.5. The average Bonchev–Trinajstić information content (AvgIpc) is 2.25. The van der Waals surface area contributed by atoms with Crippen molar-refractivity contribution >= 4 is 5.71 Å². The van der Waals surface area contributed by atoms with Gasteiger partial charge in [0.25, 0.3) is 11.8 Å². The van der Waals surface area contributed by atoms with Gasteiger partial charge in [-0.1, -0.05) is 19.1 Å². The van der Waals surface area contributed by atoms with E-state index < -0.39 is 23.0 Å². The molecule has 1 aliphatic heterocycles. The molecule has 0 radical (unpaired) electrons. The molecule has 0 saturated carbocycles. The lowest BCUT2D eigenvalue weighted by Gasteiger charge is -2.22. The molecule has 0 bridgehead atoms. The first kappa shape index (κ1) is 14.8. The van der Waals surface area contributed by atoms with Crippen molar-refractivity contribution in [2.75, 3.05) is 0 Å². The highest BCUT2D eigenvalue weighted by Gasteiger charge is 2.33. The highest BCUT2D eigenvalue weighted by atomic mass is 19.3. The van der Waals surface area contributed by atoms with Gasteiger partial charge in [0.2, 0.25) is 0 Å². The number of aliphatic imine (C=N–C) groups is 1. The molecule has 0 atom stereocenters. The molecule has 20 heavy (non-hydrogen) atoms. The van der Waals surface area contributed by atoms with Crippen molar-refractivity contribution in [1.82, 2.24) is 0 Å². The maximum absolute atomic E-state index is 13.7. The van der Waals surface area contributed by atoms with Crippen molar-refractivity contribution in [2.45, 2.75) is 39.0 Å². The van der Waals surface area contributed by atoms with Gasteiger partial charge in [0, 0.05) is 36.2 Å². The van der Waals surface area contributed by atoms with E-state index >= 15 is 0 Å². The molecule has 0 amide bonds. The third-order valence-electron chi connectivity index (χ3n) is 3.20. The summed E-state index contributed by atoms with van der Waals surface area (Å²) in [6, 6.07) is 3.34. The molecule has 0 spiro atoms. The minimum absolute atomic E-state index is 0.211. The van der Waals surface area contributed by atoms with Gasteiger partial charge in [-0.25, -0.2) is 17.6 Å². The van der Waals surface area contributed by atoms with Gasteiger partial charge < -0.3 is 0 Å². The first-order valence-corrected chi connectivity index (χ1v) is 6.33. The van der Waals surface area contributed by atoms with Crippen LogP contribution in [0.25, 0.3) is 0 Å². The molecule has 0 aliphatic carbocycles. The number of benzene rings is 1. The Hall–Kier alpha value is -1.65. The van der Waals surface area contributed by atoms with E-state index in [4.69, 9.17) is 0 Å². The summed E-state index contributed by atoms with van der Waals surface area (Å²) in [5, 5.41) is 0. The van der Waals surface area contributed by atoms with E-state index in [1.165, 1.54) is 12.1 Å². The van der Waals surface area contributed by atoms with Crippen LogP contribution in [0.1, 0.15) is 43.9 Å². The van der Waals surface area contributed by atoms with Gasteiger partial charge in [-0.05, 0) is 18.6 Å². The third kappa shape index (κ3) is 2.76. The number of nitrogens with zero attached hydrogens (tertiary/aromatic N) is 1. The van der Waals surface area contributed by atoms with Gasteiger partial charge in [0.05, 0.1) is 5.71 Å². The molecule has 1 aromatic carbocycles. The van der Waals surface area contributed by atoms with Gasteiger partial charge >= 0.3 is 0 Å². The maximum atomic E-state index is 13.7. The zero-order chi connectivity index (χ0) is 15.1. The van der Waals surface area contributed by atoms with Gasteiger partial charge in [0.1, 0.15) is 0 Å². The monoisotopic (exact) mass is 285 g/mol. The van der Waals surface area contributed by atoms with E-state index in [-0.39, 0.29) is 5.56 Å². The van der Waals surface area contributed by atoms with E-state index in [1.807, 2.05) is 6.92 Å². The van der Waals surface area contributed by atoms with Crippen molar-refractivity contribution in [1.29, 1.82) is 0 Å².